The molecule has 0 aromatic carbocycles. The summed E-state index contributed by atoms with van der Waals surface area (Å²) in [5.74, 6) is 0.103. The van der Waals surface area contributed by atoms with Crippen molar-refractivity contribution in [1.29, 1.82) is 0 Å². The summed E-state index contributed by atoms with van der Waals surface area (Å²) in [6.45, 7) is 7.97. The van der Waals surface area contributed by atoms with Crippen LogP contribution in [0.5, 0.6) is 0 Å². The maximum absolute atomic E-state index is 11.2. The van der Waals surface area contributed by atoms with Crippen molar-refractivity contribution in [3.63, 3.8) is 0 Å². The van der Waals surface area contributed by atoms with Crippen molar-refractivity contribution in [1.82, 2.24) is 5.32 Å². The van der Waals surface area contributed by atoms with Crippen molar-refractivity contribution in [2.75, 3.05) is 0 Å². The Morgan fingerprint density at radius 3 is 2.86 bits per heavy atom. The molecular formula is C12H17NO. The molecule has 0 unspecified atom stereocenters. The first-order chi connectivity index (χ1) is 6.65. The van der Waals surface area contributed by atoms with E-state index in [4.69, 9.17) is 0 Å². The Balaban J connectivity index is 2.94. The molecule has 2 nitrogen and oxygen atoms in total. The van der Waals surface area contributed by atoms with E-state index in [2.05, 4.69) is 18.8 Å². The summed E-state index contributed by atoms with van der Waals surface area (Å²) in [6.07, 6.45) is 6.38. The predicted octanol–water partition coefficient (Wildman–Crippen LogP) is 2.69. The van der Waals surface area contributed by atoms with Gasteiger partial charge in [0, 0.05) is 12.1 Å². The van der Waals surface area contributed by atoms with E-state index in [-0.39, 0.29) is 5.91 Å². The fourth-order valence-corrected chi connectivity index (χ4v) is 1.48. The first-order valence-electron chi connectivity index (χ1n) is 5.00. The fraction of sp³-hybridized carbons (Fsp3) is 0.417. The Hall–Kier alpha value is -1.31. The highest BCUT2D eigenvalue weighted by molar-refractivity contribution is 5.81. The minimum Gasteiger partial charge on any atom is -0.326 e. The maximum atomic E-state index is 11.2. The molecule has 0 spiro atoms. The van der Waals surface area contributed by atoms with Crippen LogP contribution in [0, 0.1) is 0 Å². The average Bonchev–Trinajstić information content (AvgIpc) is 2.14. The lowest BCUT2D eigenvalue weighted by atomic mass is 9.97. The third-order valence-electron chi connectivity index (χ3n) is 2.24. The van der Waals surface area contributed by atoms with Crippen LogP contribution in [0.15, 0.2) is 35.6 Å². The summed E-state index contributed by atoms with van der Waals surface area (Å²) >= 11 is 0. The highest BCUT2D eigenvalue weighted by Crippen LogP contribution is 2.22. The van der Waals surface area contributed by atoms with Gasteiger partial charge in [-0.3, -0.25) is 4.79 Å². The molecule has 1 heterocycles. The number of carbonyl (C=O) groups is 1. The Morgan fingerprint density at radius 2 is 2.29 bits per heavy atom. The van der Waals surface area contributed by atoms with Gasteiger partial charge in [0.1, 0.15) is 0 Å². The van der Waals surface area contributed by atoms with E-state index in [0.29, 0.717) is 6.42 Å². The maximum Gasteiger partial charge on any atom is 0.224 e. The van der Waals surface area contributed by atoms with E-state index in [1.807, 2.05) is 19.1 Å². The van der Waals surface area contributed by atoms with Crippen molar-refractivity contribution >= 4 is 5.91 Å². The zero-order chi connectivity index (χ0) is 10.6. The molecule has 1 N–H and O–H groups in total. The summed E-state index contributed by atoms with van der Waals surface area (Å²) in [7, 11) is 0. The molecule has 1 amide bonds. The van der Waals surface area contributed by atoms with E-state index in [1.54, 1.807) is 0 Å². The lowest BCUT2D eigenvalue weighted by molar-refractivity contribution is -0.120. The van der Waals surface area contributed by atoms with Gasteiger partial charge < -0.3 is 5.32 Å². The smallest absolute Gasteiger partial charge is 0.224 e. The van der Waals surface area contributed by atoms with Crippen molar-refractivity contribution in [2.24, 2.45) is 0 Å². The van der Waals surface area contributed by atoms with E-state index in [0.717, 1.165) is 24.1 Å². The molecule has 0 aliphatic carbocycles. The number of carbonyl (C=O) groups excluding carboxylic acids is 1. The van der Waals surface area contributed by atoms with Crippen LogP contribution in [0.25, 0.3) is 0 Å². The summed E-state index contributed by atoms with van der Waals surface area (Å²) in [5, 5.41) is 2.88. The standard InChI is InChI=1S/C12H17NO/c1-4-5-6-11-10(9(2)3)7-8-12(14)13-11/h5-6H,2,4,7-8H2,1,3H3,(H,13,14)/b6-5-. The first-order valence-corrected chi connectivity index (χ1v) is 5.00. The number of amides is 1. The summed E-state index contributed by atoms with van der Waals surface area (Å²) in [6, 6.07) is 0. The van der Waals surface area contributed by atoms with Gasteiger partial charge in [0.25, 0.3) is 0 Å². The minimum absolute atomic E-state index is 0.103. The Bertz CT molecular complexity index is 310. The van der Waals surface area contributed by atoms with Gasteiger partial charge in [-0.2, -0.15) is 0 Å². The second kappa shape index (κ2) is 4.80. The van der Waals surface area contributed by atoms with Gasteiger partial charge in [-0.15, -0.1) is 0 Å². The van der Waals surface area contributed by atoms with E-state index in [9.17, 15) is 4.79 Å². The van der Waals surface area contributed by atoms with Crippen molar-refractivity contribution in [3.8, 4) is 0 Å². The molecule has 2 heteroatoms. The Morgan fingerprint density at radius 1 is 1.57 bits per heavy atom. The fourth-order valence-electron chi connectivity index (χ4n) is 1.48. The topological polar surface area (TPSA) is 29.1 Å². The molecule has 0 atom stereocenters. The van der Waals surface area contributed by atoms with Crippen molar-refractivity contribution in [2.45, 2.75) is 33.1 Å². The Kier molecular flexibility index (Phi) is 3.69. The third-order valence-corrected chi connectivity index (χ3v) is 2.24. The van der Waals surface area contributed by atoms with E-state index >= 15 is 0 Å². The van der Waals surface area contributed by atoms with Crippen LogP contribution >= 0.6 is 0 Å². The van der Waals surface area contributed by atoms with Gasteiger partial charge in [0.15, 0.2) is 0 Å². The number of nitrogens with one attached hydrogen (secondary N) is 1. The quantitative estimate of drug-likeness (QED) is 0.730. The lowest BCUT2D eigenvalue weighted by Crippen LogP contribution is -2.27. The van der Waals surface area contributed by atoms with Crippen LogP contribution in [0.3, 0.4) is 0 Å². The number of hydrogen-bond acceptors (Lipinski definition) is 1. The molecule has 1 aliphatic rings. The highest BCUT2D eigenvalue weighted by Gasteiger charge is 2.15. The molecule has 0 fully saturated rings. The summed E-state index contributed by atoms with van der Waals surface area (Å²) in [4.78, 5) is 11.2. The summed E-state index contributed by atoms with van der Waals surface area (Å²) < 4.78 is 0. The minimum atomic E-state index is 0.103. The number of hydrogen-bond donors (Lipinski definition) is 1. The number of allylic oxidation sites excluding steroid dienone is 4. The molecule has 0 saturated carbocycles. The summed E-state index contributed by atoms with van der Waals surface area (Å²) in [5.41, 5.74) is 3.14. The third kappa shape index (κ3) is 2.59. The molecule has 76 valence electrons. The molecule has 0 radical (unpaired) electrons. The van der Waals surface area contributed by atoms with Gasteiger partial charge in [0.2, 0.25) is 5.91 Å². The van der Waals surface area contributed by atoms with Crippen molar-refractivity contribution in [3.05, 3.63) is 35.6 Å². The van der Waals surface area contributed by atoms with Crippen LogP contribution in [0.2, 0.25) is 0 Å². The van der Waals surface area contributed by atoms with Gasteiger partial charge in [0.05, 0.1) is 0 Å². The van der Waals surface area contributed by atoms with Crippen LogP contribution in [-0.2, 0) is 4.79 Å². The molecule has 0 saturated heterocycles. The second-order valence-corrected chi connectivity index (χ2v) is 3.53. The van der Waals surface area contributed by atoms with Crippen molar-refractivity contribution < 1.29 is 4.79 Å². The number of rotatable bonds is 3. The largest absolute Gasteiger partial charge is 0.326 e. The van der Waals surface area contributed by atoms with E-state index < -0.39 is 0 Å². The second-order valence-electron chi connectivity index (χ2n) is 3.53. The predicted molar refractivity (Wildman–Crippen MR) is 58.6 cm³/mol. The lowest BCUT2D eigenvalue weighted by Gasteiger charge is -2.19. The first kappa shape index (κ1) is 10.8. The molecule has 0 aromatic rings. The molecule has 0 bridgehead atoms. The monoisotopic (exact) mass is 191 g/mol. The highest BCUT2D eigenvalue weighted by atomic mass is 16.1. The van der Waals surface area contributed by atoms with Gasteiger partial charge in [-0.1, -0.05) is 25.2 Å². The molecule has 1 aliphatic heterocycles. The van der Waals surface area contributed by atoms with Gasteiger partial charge in [-0.25, -0.2) is 0 Å². The SMILES string of the molecule is C=C(C)C1=C(/C=C\CC)NC(=O)CC1. The van der Waals surface area contributed by atoms with Crippen LogP contribution < -0.4 is 5.32 Å². The van der Waals surface area contributed by atoms with Crippen LogP contribution in [0.1, 0.15) is 33.1 Å². The average molecular weight is 191 g/mol. The van der Waals surface area contributed by atoms with Crippen LogP contribution in [0.4, 0.5) is 0 Å². The zero-order valence-electron chi connectivity index (χ0n) is 8.89. The van der Waals surface area contributed by atoms with Crippen LogP contribution in [-0.4, -0.2) is 5.91 Å². The van der Waals surface area contributed by atoms with Gasteiger partial charge in [-0.05, 0) is 31.4 Å². The zero-order valence-corrected chi connectivity index (χ0v) is 8.89. The van der Waals surface area contributed by atoms with E-state index in [1.165, 1.54) is 5.57 Å². The molecule has 1 rings (SSSR count). The van der Waals surface area contributed by atoms with Gasteiger partial charge >= 0.3 is 0 Å². The normalized spacial score (nSPS) is 17.4. The molecule has 14 heavy (non-hydrogen) atoms. The molecular weight excluding hydrogens is 174 g/mol. The molecule has 0 aromatic heterocycles. The Labute approximate surface area is 85.4 Å².